The van der Waals surface area contributed by atoms with Crippen molar-refractivity contribution in [2.45, 2.75) is 92.4 Å². The standard InChI is InChI=1S/C36H42ClF6N5O6S2/c37-32-29(35(38,39)40)21-28(23-44-32)56(53,54)48-17-13-25(14-18-48)8-4-1-3-7-24-11-15-47(16-12-24)33-30(36(41,42)43)20-27(22-45-33)55(51,52)46-31(34(49)50)19-26-9-5-2-6-10-26/h2,5-6,9-10,20-25,31,46H,1,3-4,7-8,11-19H2,(H,49,50). The first-order chi connectivity index (χ1) is 26.3. The average Bonchev–Trinajstić information content (AvgIpc) is 3.14. The van der Waals surface area contributed by atoms with Crippen LogP contribution < -0.4 is 9.62 Å². The lowest BCUT2D eigenvalue weighted by atomic mass is 9.89. The number of halogens is 7. The highest BCUT2D eigenvalue weighted by molar-refractivity contribution is 7.89. The lowest BCUT2D eigenvalue weighted by Crippen LogP contribution is -2.42. The molecule has 4 heterocycles. The molecule has 0 saturated carbocycles. The number of hydrogen-bond donors (Lipinski definition) is 2. The van der Waals surface area contributed by atoms with Gasteiger partial charge in [-0.2, -0.15) is 35.4 Å². The van der Waals surface area contributed by atoms with E-state index >= 15 is 0 Å². The van der Waals surface area contributed by atoms with Crippen LogP contribution in [0.4, 0.5) is 32.2 Å². The molecule has 1 aromatic carbocycles. The number of pyridine rings is 2. The maximum absolute atomic E-state index is 14.3. The Bertz CT molecular complexity index is 2040. The van der Waals surface area contributed by atoms with Crippen LogP contribution in [0.15, 0.2) is 64.6 Å². The number of benzene rings is 1. The van der Waals surface area contributed by atoms with E-state index in [9.17, 15) is 53.1 Å². The Kier molecular flexibility index (Phi) is 14.0. The van der Waals surface area contributed by atoms with Gasteiger partial charge in [0.05, 0.1) is 11.1 Å². The van der Waals surface area contributed by atoms with E-state index in [0.717, 1.165) is 44.5 Å². The Morgan fingerprint density at radius 3 is 1.89 bits per heavy atom. The van der Waals surface area contributed by atoms with Crippen molar-refractivity contribution in [3.05, 3.63) is 76.7 Å². The third kappa shape index (κ3) is 11.1. The molecule has 2 aliphatic heterocycles. The molecule has 0 aliphatic carbocycles. The number of aliphatic carboxylic acids is 1. The normalized spacial score (nSPS) is 17.6. The van der Waals surface area contributed by atoms with Crippen molar-refractivity contribution in [1.82, 2.24) is 19.0 Å². The van der Waals surface area contributed by atoms with Crippen molar-refractivity contribution in [2.75, 3.05) is 31.1 Å². The molecule has 0 bridgehead atoms. The Balaban J connectivity index is 1.07. The molecule has 11 nitrogen and oxygen atoms in total. The van der Waals surface area contributed by atoms with Crippen molar-refractivity contribution in [1.29, 1.82) is 0 Å². The van der Waals surface area contributed by atoms with Crippen LogP contribution in [-0.4, -0.2) is 74.4 Å². The molecule has 2 aromatic heterocycles. The highest BCUT2D eigenvalue weighted by Gasteiger charge is 2.40. The number of nitrogens with one attached hydrogen (secondary N) is 1. The number of piperidine rings is 2. The number of aromatic nitrogens is 2. The number of carboxylic acid groups (broad SMARTS) is 1. The van der Waals surface area contributed by atoms with Gasteiger partial charge in [0, 0.05) is 38.6 Å². The maximum atomic E-state index is 14.3. The molecule has 0 radical (unpaired) electrons. The predicted molar refractivity (Wildman–Crippen MR) is 195 cm³/mol. The smallest absolute Gasteiger partial charge is 0.420 e. The third-order valence-electron chi connectivity index (χ3n) is 10.3. The number of sulfonamides is 2. The van der Waals surface area contributed by atoms with E-state index in [1.807, 2.05) is 4.72 Å². The first-order valence-corrected chi connectivity index (χ1v) is 21.4. The minimum Gasteiger partial charge on any atom is -0.480 e. The Labute approximate surface area is 326 Å². The highest BCUT2D eigenvalue weighted by atomic mass is 35.5. The van der Waals surface area contributed by atoms with Gasteiger partial charge in [-0.15, -0.1) is 0 Å². The number of nitrogens with zero attached hydrogens (tertiary/aromatic N) is 4. The molecule has 0 spiro atoms. The van der Waals surface area contributed by atoms with Crippen molar-refractivity contribution in [3.8, 4) is 0 Å². The fourth-order valence-electron chi connectivity index (χ4n) is 7.16. The largest absolute Gasteiger partial charge is 0.480 e. The third-order valence-corrected chi connectivity index (χ3v) is 13.9. The molecule has 20 heteroatoms. The van der Waals surface area contributed by atoms with Crippen molar-refractivity contribution in [3.63, 3.8) is 0 Å². The van der Waals surface area contributed by atoms with Crippen LogP contribution in [0.3, 0.4) is 0 Å². The summed E-state index contributed by atoms with van der Waals surface area (Å²) in [6.07, 6.45) is -1.55. The Hall–Kier alpha value is -3.52. The summed E-state index contributed by atoms with van der Waals surface area (Å²) in [5.41, 5.74) is -2.01. The van der Waals surface area contributed by atoms with Crippen LogP contribution in [-0.2, 0) is 43.6 Å². The van der Waals surface area contributed by atoms with Crippen LogP contribution in [0.25, 0.3) is 0 Å². The highest BCUT2D eigenvalue weighted by Crippen LogP contribution is 2.39. The lowest BCUT2D eigenvalue weighted by Gasteiger charge is -2.34. The van der Waals surface area contributed by atoms with Crippen molar-refractivity contribution < 1.29 is 53.1 Å². The monoisotopic (exact) mass is 853 g/mol. The molecule has 5 rings (SSSR count). The van der Waals surface area contributed by atoms with Gasteiger partial charge in [0.15, 0.2) is 0 Å². The molecular weight excluding hydrogens is 812 g/mol. The van der Waals surface area contributed by atoms with Gasteiger partial charge < -0.3 is 10.0 Å². The summed E-state index contributed by atoms with van der Waals surface area (Å²) in [6.45, 7) is 0.925. The molecule has 0 amide bonds. The minimum absolute atomic E-state index is 0.176. The van der Waals surface area contributed by atoms with Gasteiger partial charge in [-0.1, -0.05) is 74.0 Å². The molecule has 308 valence electrons. The van der Waals surface area contributed by atoms with Gasteiger partial charge in [-0.05, 0) is 61.6 Å². The number of hydrogen-bond acceptors (Lipinski definition) is 8. The van der Waals surface area contributed by atoms with Gasteiger partial charge >= 0.3 is 18.3 Å². The van der Waals surface area contributed by atoms with E-state index in [-0.39, 0.29) is 50.3 Å². The number of rotatable bonds is 15. The molecule has 3 aromatic rings. The zero-order valence-electron chi connectivity index (χ0n) is 30.1. The second-order valence-electron chi connectivity index (χ2n) is 14.2. The molecule has 2 fully saturated rings. The van der Waals surface area contributed by atoms with E-state index in [4.69, 9.17) is 11.6 Å². The first-order valence-electron chi connectivity index (χ1n) is 18.1. The second kappa shape index (κ2) is 18.0. The van der Waals surface area contributed by atoms with E-state index in [0.29, 0.717) is 43.4 Å². The van der Waals surface area contributed by atoms with E-state index < -0.39 is 70.5 Å². The topological polar surface area (TPSA) is 150 Å². The first kappa shape index (κ1) is 43.6. The van der Waals surface area contributed by atoms with Gasteiger partial charge in [0.25, 0.3) is 0 Å². The van der Waals surface area contributed by atoms with Gasteiger partial charge in [0.1, 0.15) is 26.8 Å². The van der Waals surface area contributed by atoms with Crippen molar-refractivity contribution in [2.24, 2.45) is 11.8 Å². The summed E-state index contributed by atoms with van der Waals surface area (Å²) >= 11 is 5.54. The average molecular weight is 854 g/mol. The maximum Gasteiger partial charge on any atom is 0.420 e. The summed E-state index contributed by atoms with van der Waals surface area (Å²) in [4.78, 5) is 19.3. The van der Waals surface area contributed by atoms with E-state index in [2.05, 4.69) is 9.97 Å². The Morgan fingerprint density at radius 1 is 0.804 bits per heavy atom. The molecule has 2 aliphatic rings. The molecular formula is C36H42ClF6N5O6S2. The number of carboxylic acids is 1. The summed E-state index contributed by atoms with van der Waals surface area (Å²) in [6, 6.07) is 7.59. The predicted octanol–water partition coefficient (Wildman–Crippen LogP) is 7.41. The van der Waals surface area contributed by atoms with Crippen LogP contribution in [0, 0.1) is 11.8 Å². The number of alkyl halides is 6. The summed E-state index contributed by atoms with van der Waals surface area (Å²) in [5.74, 6) is -1.34. The summed E-state index contributed by atoms with van der Waals surface area (Å²) < 4.78 is 138. The number of unbranched alkanes of at least 4 members (excludes halogenated alkanes) is 2. The van der Waals surface area contributed by atoms with Gasteiger partial charge in [0.2, 0.25) is 20.0 Å². The van der Waals surface area contributed by atoms with Crippen LogP contribution in [0.2, 0.25) is 5.15 Å². The quantitative estimate of drug-likeness (QED) is 0.0906. The minimum atomic E-state index is -4.93. The fourth-order valence-corrected chi connectivity index (χ4v) is 9.97. The van der Waals surface area contributed by atoms with Gasteiger partial charge in [-0.25, -0.2) is 26.8 Å². The second-order valence-corrected chi connectivity index (χ2v) is 18.2. The number of carbonyl (C=O) groups is 1. The zero-order valence-corrected chi connectivity index (χ0v) is 32.5. The molecule has 2 N–H and O–H groups in total. The molecule has 56 heavy (non-hydrogen) atoms. The summed E-state index contributed by atoms with van der Waals surface area (Å²) in [7, 11) is -8.86. The lowest BCUT2D eigenvalue weighted by molar-refractivity contribution is -0.139. The SMILES string of the molecule is O=C(O)C(Cc1ccccc1)NS(=O)(=O)c1cnc(N2CCC(CCCCCC3CCN(S(=O)(=O)c4cnc(Cl)c(C(F)(F)F)c4)CC3)CC2)c(C(F)(F)F)c1. The van der Waals surface area contributed by atoms with Gasteiger partial charge in [-0.3, -0.25) is 4.79 Å². The van der Waals surface area contributed by atoms with E-state index in [1.165, 1.54) is 9.21 Å². The van der Waals surface area contributed by atoms with Crippen molar-refractivity contribution >= 4 is 43.4 Å². The Morgan fingerprint density at radius 2 is 1.34 bits per heavy atom. The zero-order chi connectivity index (χ0) is 40.9. The summed E-state index contributed by atoms with van der Waals surface area (Å²) in [5, 5.41) is 8.79. The van der Waals surface area contributed by atoms with Crippen LogP contribution in [0.1, 0.15) is 74.5 Å². The van der Waals surface area contributed by atoms with Crippen LogP contribution in [0.5, 0.6) is 0 Å². The fraction of sp³-hybridized carbons (Fsp3) is 0.528. The number of anilines is 1. The molecule has 2 saturated heterocycles. The molecule has 1 unspecified atom stereocenters. The van der Waals surface area contributed by atoms with Crippen LogP contribution >= 0.6 is 11.6 Å². The molecule has 1 atom stereocenters. The van der Waals surface area contributed by atoms with E-state index in [1.54, 1.807) is 30.3 Å².